The van der Waals surface area contributed by atoms with Crippen LogP contribution in [0.5, 0.6) is 5.75 Å². The summed E-state index contributed by atoms with van der Waals surface area (Å²) in [5, 5.41) is 11.2. The van der Waals surface area contributed by atoms with Crippen molar-refractivity contribution in [3.8, 4) is 16.9 Å². The van der Waals surface area contributed by atoms with Crippen LogP contribution in [0.2, 0.25) is 0 Å². The Morgan fingerprint density at radius 2 is 1.54 bits per heavy atom. The molecule has 0 unspecified atom stereocenters. The molecule has 0 saturated heterocycles. The summed E-state index contributed by atoms with van der Waals surface area (Å²) < 4.78 is 10.7. The standard InChI is InChI=1S/C30H30O5/c1-34-28(31)17-35-27-7-6-25(30-14-18-8-19(15-30)10-20(9-18)16-30)13-26(27)23-4-2-22-12-24(29(32)33)5-3-21(22)11-23/h2-7,11-13,18-20H,8-10,14-17H2,1H3,(H,32,33). The average molecular weight is 471 g/mol. The van der Waals surface area contributed by atoms with Gasteiger partial charge in [-0.05, 0) is 114 Å². The van der Waals surface area contributed by atoms with Crippen LogP contribution in [0.25, 0.3) is 21.9 Å². The van der Waals surface area contributed by atoms with Crippen molar-refractivity contribution in [1.29, 1.82) is 0 Å². The molecule has 4 aliphatic carbocycles. The molecule has 3 aromatic rings. The Balaban J connectivity index is 1.42. The van der Waals surface area contributed by atoms with E-state index in [4.69, 9.17) is 9.47 Å². The van der Waals surface area contributed by atoms with Gasteiger partial charge in [0.2, 0.25) is 0 Å². The smallest absolute Gasteiger partial charge is 0.343 e. The minimum absolute atomic E-state index is 0.143. The van der Waals surface area contributed by atoms with Gasteiger partial charge in [0.25, 0.3) is 0 Å². The van der Waals surface area contributed by atoms with Gasteiger partial charge in [-0.25, -0.2) is 9.59 Å². The Bertz CT molecular complexity index is 1290. The van der Waals surface area contributed by atoms with Crippen molar-refractivity contribution in [2.75, 3.05) is 13.7 Å². The van der Waals surface area contributed by atoms with E-state index in [0.29, 0.717) is 5.75 Å². The maximum absolute atomic E-state index is 11.8. The number of carboxylic acids is 1. The first-order valence-corrected chi connectivity index (χ1v) is 12.5. The highest BCUT2D eigenvalue weighted by atomic mass is 16.6. The number of esters is 1. The van der Waals surface area contributed by atoms with Gasteiger partial charge < -0.3 is 14.6 Å². The number of carbonyl (C=O) groups is 2. The van der Waals surface area contributed by atoms with E-state index in [1.54, 1.807) is 12.1 Å². The number of hydrogen-bond donors (Lipinski definition) is 1. The summed E-state index contributed by atoms with van der Waals surface area (Å²) in [7, 11) is 1.36. The molecule has 0 aromatic heterocycles. The fourth-order valence-electron chi connectivity index (χ4n) is 7.42. The van der Waals surface area contributed by atoms with Gasteiger partial charge in [-0.15, -0.1) is 0 Å². The topological polar surface area (TPSA) is 72.8 Å². The summed E-state index contributed by atoms with van der Waals surface area (Å²) in [5.41, 5.74) is 3.87. The van der Waals surface area contributed by atoms with Gasteiger partial charge >= 0.3 is 11.9 Å². The molecule has 1 N–H and O–H groups in total. The van der Waals surface area contributed by atoms with Crippen LogP contribution >= 0.6 is 0 Å². The van der Waals surface area contributed by atoms with Crippen molar-refractivity contribution in [3.63, 3.8) is 0 Å². The second kappa shape index (κ2) is 8.40. The summed E-state index contributed by atoms with van der Waals surface area (Å²) in [6.45, 7) is -0.143. The molecule has 0 radical (unpaired) electrons. The largest absolute Gasteiger partial charge is 0.481 e. The molecular weight excluding hydrogens is 440 g/mol. The molecule has 35 heavy (non-hydrogen) atoms. The van der Waals surface area contributed by atoms with Crippen LogP contribution in [-0.4, -0.2) is 30.8 Å². The highest BCUT2D eigenvalue weighted by molar-refractivity contribution is 5.96. The molecule has 0 amide bonds. The van der Waals surface area contributed by atoms with Crippen molar-refractivity contribution in [2.45, 2.75) is 43.9 Å². The third-order valence-corrected chi connectivity index (χ3v) is 8.60. The SMILES string of the molecule is COC(=O)COc1ccc(C23CC4CC(CC(C4)C2)C3)cc1-c1ccc2cc(C(=O)O)ccc2c1. The van der Waals surface area contributed by atoms with Crippen LogP contribution in [0.4, 0.5) is 0 Å². The van der Waals surface area contributed by atoms with E-state index < -0.39 is 11.9 Å². The van der Waals surface area contributed by atoms with E-state index in [2.05, 4.69) is 18.2 Å². The molecule has 5 nitrogen and oxygen atoms in total. The normalized spacial score (nSPS) is 26.6. The Labute approximate surface area is 205 Å². The van der Waals surface area contributed by atoms with Gasteiger partial charge in [-0.1, -0.05) is 24.3 Å². The molecule has 4 aliphatic rings. The lowest BCUT2D eigenvalue weighted by molar-refractivity contribution is -0.142. The Morgan fingerprint density at radius 3 is 2.20 bits per heavy atom. The molecule has 0 spiro atoms. The van der Waals surface area contributed by atoms with Gasteiger partial charge in [0.1, 0.15) is 5.75 Å². The number of carbonyl (C=O) groups excluding carboxylic acids is 1. The molecule has 5 heteroatoms. The fourth-order valence-corrected chi connectivity index (χ4v) is 7.42. The zero-order valence-corrected chi connectivity index (χ0v) is 20.0. The lowest BCUT2D eigenvalue weighted by Crippen LogP contribution is -2.48. The van der Waals surface area contributed by atoms with Crippen LogP contribution in [-0.2, 0) is 14.9 Å². The zero-order chi connectivity index (χ0) is 24.2. The van der Waals surface area contributed by atoms with Crippen molar-refractivity contribution in [2.24, 2.45) is 17.8 Å². The van der Waals surface area contributed by atoms with Gasteiger partial charge in [-0.3, -0.25) is 0 Å². The number of methoxy groups -OCH3 is 1. The van der Waals surface area contributed by atoms with E-state index in [1.807, 2.05) is 24.3 Å². The second-order valence-electron chi connectivity index (χ2n) is 10.9. The molecule has 0 atom stereocenters. The zero-order valence-electron chi connectivity index (χ0n) is 20.0. The second-order valence-corrected chi connectivity index (χ2v) is 10.9. The highest BCUT2D eigenvalue weighted by Crippen LogP contribution is 2.61. The average Bonchev–Trinajstić information content (AvgIpc) is 2.85. The molecule has 0 aliphatic heterocycles. The monoisotopic (exact) mass is 470 g/mol. The molecule has 0 heterocycles. The summed E-state index contributed by atoms with van der Waals surface area (Å²) >= 11 is 0. The summed E-state index contributed by atoms with van der Waals surface area (Å²) in [6, 6.07) is 17.7. The van der Waals surface area contributed by atoms with Crippen LogP contribution in [0.15, 0.2) is 54.6 Å². The van der Waals surface area contributed by atoms with Crippen LogP contribution < -0.4 is 4.74 Å². The quantitative estimate of drug-likeness (QED) is 0.433. The maximum Gasteiger partial charge on any atom is 0.343 e. The molecular formula is C30H30O5. The molecule has 180 valence electrons. The first-order valence-electron chi connectivity index (χ1n) is 12.5. The Hall–Kier alpha value is -3.34. The number of hydrogen-bond acceptors (Lipinski definition) is 4. The van der Waals surface area contributed by atoms with Gasteiger partial charge in [0, 0.05) is 5.56 Å². The van der Waals surface area contributed by atoms with Crippen LogP contribution in [0, 0.1) is 17.8 Å². The van der Waals surface area contributed by atoms with Crippen molar-refractivity contribution < 1.29 is 24.2 Å². The lowest BCUT2D eigenvalue weighted by Gasteiger charge is -2.57. The van der Waals surface area contributed by atoms with E-state index in [0.717, 1.165) is 39.7 Å². The van der Waals surface area contributed by atoms with E-state index in [-0.39, 0.29) is 17.6 Å². The van der Waals surface area contributed by atoms with Crippen LogP contribution in [0.3, 0.4) is 0 Å². The van der Waals surface area contributed by atoms with Crippen molar-refractivity contribution in [1.82, 2.24) is 0 Å². The summed E-state index contributed by atoms with van der Waals surface area (Å²) in [6.07, 6.45) is 8.02. The summed E-state index contributed by atoms with van der Waals surface area (Å²) in [4.78, 5) is 23.2. The van der Waals surface area contributed by atoms with Crippen molar-refractivity contribution >= 4 is 22.7 Å². The minimum Gasteiger partial charge on any atom is -0.481 e. The Morgan fingerprint density at radius 1 is 0.886 bits per heavy atom. The predicted octanol–water partition coefficient (Wildman–Crippen LogP) is 6.22. The van der Waals surface area contributed by atoms with E-state index in [1.165, 1.54) is 51.2 Å². The van der Waals surface area contributed by atoms with Gasteiger partial charge in [-0.2, -0.15) is 0 Å². The highest BCUT2D eigenvalue weighted by Gasteiger charge is 2.51. The third kappa shape index (κ3) is 3.97. The van der Waals surface area contributed by atoms with Crippen molar-refractivity contribution in [3.05, 3.63) is 65.7 Å². The lowest BCUT2D eigenvalue weighted by atomic mass is 9.48. The number of benzene rings is 3. The molecule has 7 rings (SSSR count). The molecule has 4 bridgehead atoms. The number of fused-ring (bicyclic) bond motifs is 1. The van der Waals surface area contributed by atoms with E-state index in [9.17, 15) is 14.7 Å². The van der Waals surface area contributed by atoms with Gasteiger partial charge in [0.05, 0.1) is 12.7 Å². The van der Waals surface area contributed by atoms with E-state index >= 15 is 0 Å². The molecule has 4 saturated carbocycles. The fraction of sp³-hybridized carbons (Fsp3) is 0.400. The number of rotatable bonds is 6. The van der Waals surface area contributed by atoms with Gasteiger partial charge in [0.15, 0.2) is 6.61 Å². The van der Waals surface area contributed by atoms with Crippen LogP contribution in [0.1, 0.15) is 54.4 Å². The number of carboxylic acid groups (broad SMARTS) is 1. The maximum atomic E-state index is 11.8. The molecule has 4 fully saturated rings. The summed E-state index contributed by atoms with van der Waals surface area (Å²) in [5.74, 6) is 1.86. The number of aromatic carboxylic acids is 1. The first kappa shape index (κ1) is 22.1. The molecule has 3 aromatic carbocycles. The minimum atomic E-state index is -0.933. The predicted molar refractivity (Wildman–Crippen MR) is 134 cm³/mol. The Kier molecular flexibility index (Phi) is 5.32. The first-order chi connectivity index (χ1) is 16.9. The third-order valence-electron chi connectivity index (χ3n) is 8.60. The number of ether oxygens (including phenoxy) is 2.